The number of rotatable bonds is 5. The third-order valence-electron chi connectivity index (χ3n) is 6.85. The summed E-state index contributed by atoms with van der Waals surface area (Å²) in [6, 6.07) is 10.6. The van der Waals surface area contributed by atoms with Crippen LogP contribution in [0.2, 0.25) is 0 Å². The molecule has 0 aromatic heterocycles. The van der Waals surface area contributed by atoms with Crippen molar-refractivity contribution in [1.29, 1.82) is 0 Å². The smallest absolute Gasteiger partial charge is 0.347 e. The Balaban J connectivity index is 1.62. The van der Waals surface area contributed by atoms with Gasteiger partial charge in [-0.1, -0.05) is 24.3 Å². The van der Waals surface area contributed by atoms with Crippen LogP contribution < -0.4 is 0 Å². The van der Waals surface area contributed by atoms with Crippen molar-refractivity contribution in [3.8, 4) is 0 Å². The van der Waals surface area contributed by atoms with E-state index < -0.39 is 23.2 Å². The number of hydrogen-bond acceptors (Lipinski definition) is 3. The van der Waals surface area contributed by atoms with Gasteiger partial charge >= 0.3 is 5.97 Å². The fourth-order valence-corrected chi connectivity index (χ4v) is 4.76. The van der Waals surface area contributed by atoms with Crippen LogP contribution in [0.25, 0.3) is 0 Å². The van der Waals surface area contributed by atoms with Crippen molar-refractivity contribution in [3.63, 3.8) is 0 Å². The number of piperidine rings is 1. The van der Waals surface area contributed by atoms with Gasteiger partial charge in [-0.2, -0.15) is 0 Å². The second-order valence-corrected chi connectivity index (χ2v) is 8.41. The molecular weight excluding hydrogens is 388 g/mol. The number of benzene rings is 2. The molecule has 4 nitrogen and oxygen atoms in total. The number of hydrogen-bond donors (Lipinski definition) is 1. The number of esters is 1. The van der Waals surface area contributed by atoms with Gasteiger partial charge in [0, 0.05) is 12.8 Å². The number of quaternary nitrogens is 1. The van der Waals surface area contributed by atoms with Crippen LogP contribution in [0.1, 0.15) is 30.9 Å². The average molecular weight is 414 g/mol. The van der Waals surface area contributed by atoms with Gasteiger partial charge in [-0.15, -0.1) is 0 Å². The van der Waals surface area contributed by atoms with Gasteiger partial charge in [-0.05, 0) is 54.5 Å². The molecule has 0 saturated carbocycles. The van der Waals surface area contributed by atoms with Gasteiger partial charge in [0.15, 0.2) is 0 Å². The number of carbonyl (C=O) groups excluding carboxylic acids is 1. The zero-order valence-electron chi connectivity index (χ0n) is 17.1. The van der Waals surface area contributed by atoms with Crippen LogP contribution >= 0.6 is 0 Å². The minimum atomic E-state index is -2.16. The molecule has 2 unspecified atom stereocenters. The first-order chi connectivity index (χ1) is 14.3. The molecule has 158 valence electrons. The SMILES string of the molecule is CC[N+]1(C)C2C=CC1CC(OC(=O)C(O)(c1ccc(F)cc1)c1ccc(F)cc1)C2. The summed E-state index contributed by atoms with van der Waals surface area (Å²) in [5, 5.41) is 11.5. The summed E-state index contributed by atoms with van der Waals surface area (Å²) in [4.78, 5) is 13.3. The van der Waals surface area contributed by atoms with Crippen LogP contribution in [0.15, 0.2) is 60.7 Å². The molecule has 1 fully saturated rings. The topological polar surface area (TPSA) is 46.5 Å². The van der Waals surface area contributed by atoms with E-state index in [4.69, 9.17) is 4.74 Å². The maximum atomic E-state index is 13.4. The Morgan fingerprint density at radius 2 is 1.43 bits per heavy atom. The summed E-state index contributed by atoms with van der Waals surface area (Å²) in [7, 11) is 2.21. The van der Waals surface area contributed by atoms with Crippen LogP contribution in [0.5, 0.6) is 0 Å². The molecule has 0 radical (unpaired) electrons. The van der Waals surface area contributed by atoms with E-state index in [9.17, 15) is 18.7 Å². The van der Waals surface area contributed by atoms with Gasteiger partial charge in [0.1, 0.15) is 29.8 Å². The van der Waals surface area contributed by atoms with E-state index in [0.29, 0.717) is 12.8 Å². The maximum absolute atomic E-state index is 13.4. The van der Waals surface area contributed by atoms with Gasteiger partial charge in [-0.25, -0.2) is 13.6 Å². The average Bonchev–Trinajstić information content (AvgIpc) is 2.90. The molecule has 2 aliphatic rings. The van der Waals surface area contributed by atoms with Crippen LogP contribution in [0.4, 0.5) is 8.78 Å². The van der Waals surface area contributed by atoms with E-state index in [1.54, 1.807) is 0 Å². The third-order valence-corrected chi connectivity index (χ3v) is 6.85. The number of nitrogens with zero attached hydrogens (tertiary/aromatic N) is 1. The van der Waals surface area contributed by atoms with Gasteiger partial charge in [0.05, 0.1) is 13.6 Å². The summed E-state index contributed by atoms with van der Waals surface area (Å²) in [5.41, 5.74) is -1.81. The number of ether oxygens (including phenoxy) is 1. The molecule has 6 heteroatoms. The zero-order chi connectivity index (χ0) is 21.5. The van der Waals surface area contributed by atoms with E-state index in [1.165, 1.54) is 48.5 Å². The standard InChI is InChI=1S/C24H26F2NO3/c1-3-27(2)20-12-13-21(27)15-22(14-20)30-23(28)24(29,16-4-8-18(25)9-5-16)17-6-10-19(26)11-7-17/h4-13,20-22,29H,3,14-15H2,1-2H3/q+1. The number of fused-ring (bicyclic) bond motifs is 2. The van der Waals surface area contributed by atoms with Crippen molar-refractivity contribution in [2.75, 3.05) is 13.6 Å². The molecule has 2 aromatic rings. The van der Waals surface area contributed by atoms with Crippen molar-refractivity contribution < 1.29 is 27.9 Å². The number of carbonyl (C=O) groups is 1. The summed E-state index contributed by atoms with van der Waals surface area (Å²) >= 11 is 0. The second kappa shape index (κ2) is 7.60. The Bertz CT molecular complexity index is 894. The Labute approximate surface area is 175 Å². The van der Waals surface area contributed by atoms with Crippen LogP contribution in [-0.4, -0.2) is 47.3 Å². The van der Waals surface area contributed by atoms with Crippen LogP contribution in [-0.2, 0) is 15.1 Å². The molecule has 2 heterocycles. The monoisotopic (exact) mass is 414 g/mol. The predicted molar refractivity (Wildman–Crippen MR) is 108 cm³/mol. The van der Waals surface area contributed by atoms with Crippen LogP contribution in [0, 0.1) is 11.6 Å². The van der Waals surface area contributed by atoms with E-state index in [1.807, 2.05) is 0 Å². The van der Waals surface area contributed by atoms with Crippen molar-refractivity contribution in [2.24, 2.45) is 0 Å². The highest BCUT2D eigenvalue weighted by Crippen LogP contribution is 2.39. The minimum Gasteiger partial charge on any atom is -0.459 e. The van der Waals surface area contributed by atoms with Crippen LogP contribution in [0.3, 0.4) is 0 Å². The molecule has 2 bridgehead atoms. The molecule has 0 amide bonds. The Kier molecular flexibility index (Phi) is 5.24. The van der Waals surface area contributed by atoms with Crippen molar-refractivity contribution in [2.45, 2.75) is 43.6 Å². The normalized spacial score (nSPS) is 27.8. The molecule has 30 heavy (non-hydrogen) atoms. The minimum absolute atomic E-state index is 0.173. The van der Waals surface area contributed by atoms with Gasteiger partial charge in [0.25, 0.3) is 0 Å². The Morgan fingerprint density at radius 3 is 1.83 bits per heavy atom. The molecule has 2 aromatic carbocycles. The lowest BCUT2D eigenvalue weighted by Gasteiger charge is -2.46. The molecule has 2 aliphatic heterocycles. The highest BCUT2D eigenvalue weighted by Gasteiger charge is 2.50. The third kappa shape index (κ3) is 3.34. The summed E-state index contributed by atoms with van der Waals surface area (Å²) in [6.45, 7) is 3.14. The van der Waals surface area contributed by atoms with Gasteiger partial charge in [-0.3, -0.25) is 0 Å². The maximum Gasteiger partial charge on any atom is 0.347 e. The van der Waals surface area contributed by atoms with Crippen molar-refractivity contribution in [1.82, 2.24) is 0 Å². The zero-order valence-corrected chi connectivity index (χ0v) is 17.1. The lowest BCUT2D eigenvalue weighted by Crippen LogP contribution is -2.59. The Morgan fingerprint density at radius 1 is 1.00 bits per heavy atom. The number of halogens is 2. The molecule has 0 spiro atoms. The summed E-state index contributed by atoms with van der Waals surface area (Å²) in [5.74, 6) is -1.81. The molecule has 0 aliphatic carbocycles. The first kappa shape index (κ1) is 20.7. The number of aliphatic hydroxyl groups is 1. The second-order valence-electron chi connectivity index (χ2n) is 8.41. The van der Waals surface area contributed by atoms with Gasteiger partial charge in [0.2, 0.25) is 5.60 Å². The highest BCUT2D eigenvalue weighted by molar-refractivity contribution is 5.85. The lowest BCUT2D eigenvalue weighted by molar-refractivity contribution is -0.943. The first-order valence-electron chi connectivity index (χ1n) is 10.3. The largest absolute Gasteiger partial charge is 0.459 e. The quantitative estimate of drug-likeness (QED) is 0.461. The van der Waals surface area contributed by atoms with E-state index in [0.717, 1.165) is 11.0 Å². The molecule has 1 saturated heterocycles. The van der Waals surface area contributed by atoms with Gasteiger partial charge < -0.3 is 14.3 Å². The molecule has 1 N–H and O–H groups in total. The Hall–Kier alpha value is -2.57. The molecule has 4 rings (SSSR count). The summed E-state index contributed by atoms with van der Waals surface area (Å²) < 4.78 is 33.6. The van der Waals surface area contributed by atoms with E-state index in [2.05, 4.69) is 26.1 Å². The highest BCUT2D eigenvalue weighted by atomic mass is 19.1. The fourth-order valence-electron chi connectivity index (χ4n) is 4.76. The predicted octanol–water partition coefficient (Wildman–Crippen LogP) is 3.68. The number of likely N-dealkylation sites (N-methyl/N-ethyl adjacent to an activating group) is 1. The van der Waals surface area contributed by atoms with E-state index >= 15 is 0 Å². The molecular formula is C24H26F2NO3+. The van der Waals surface area contributed by atoms with Crippen molar-refractivity contribution >= 4 is 5.97 Å². The fraction of sp³-hybridized carbons (Fsp3) is 0.375. The summed E-state index contributed by atoms with van der Waals surface area (Å²) in [6.07, 6.45) is 5.38. The van der Waals surface area contributed by atoms with E-state index in [-0.39, 0.29) is 29.3 Å². The lowest BCUT2D eigenvalue weighted by atomic mass is 9.86. The first-order valence-corrected chi connectivity index (χ1v) is 10.3. The van der Waals surface area contributed by atoms with Crippen molar-refractivity contribution in [3.05, 3.63) is 83.4 Å². The molecule has 2 atom stereocenters.